The third-order valence-corrected chi connectivity index (χ3v) is 4.46. The van der Waals surface area contributed by atoms with Gasteiger partial charge in [-0.15, -0.1) is 0 Å². The molecule has 1 saturated heterocycles. The number of amides is 2. The smallest absolute Gasteiger partial charge is 0.320 e. The van der Waals surface area contributed by atoms with Gasteiger partial charge < -0.3 is 14.9 Å². The summed E-state index contributed by atoms with van der Waals surface area (Å²) in [7, 11) is 1.87. The Morgan fingerprint density at radius 3 is 2.42 bits per heavy atom. The van der Waals surface area contributed by atoms with E-state index in [1.807, 2.05) is 11.9 Å². The van der Waals surface area contributed by atoms with Gasteiger partial charge in [-0.3, -0.25) is 4.79 Å². The Hall–Kier alpha value is -1.26. The van der Waals surface area contributed by atoms with Gasteiger partial charge in [-0.25, -0.2) is 4.79 Å². The van der Waals surface area contributed by atoms with Crippen molar-refractivity contribution in [1.29, 1.82) is 0 Å². The standard InChI is InChI=1S/C14H24N2O3/c1-15(11-6-2-3-7-11)14(19)16-9-5-4-8-12(16)10-13(17)18/h11-12H,2-10H2,1H3,(H,17,18). The van der Waals surface area contributed by atoms with Gasteiger partial charge in [0.2, 0.25) is 0 Å². The number of hydrogen-bond donors (Lipinski definition) is 1. The lowest BCUT2D eigenvalue weighted by Crippen LogP contribution is -2.51. The van der Waals surface area contributed by atoms with Crippen LogP contribution in [0.5, 0.6) is 0 Å². The van der Waals surface area contributed by atoms with E-state index < -0.39 is 5.97 Å². The Balaban J connectivity index is 1.99. The molecule has 1 aliphatic heterocycles. The van der Waals surface area contributed by atoms with Crippen LogP contribution in [-0.2, 0) is 4.79 Å². The average Bonchev–Trinajstić information content (AvgIpc) is 2.91. The van der Waals surface area contributed by atoms with Crippen LogP contribution in [0.3, 0.4) is 0 Å². The molecule has 2 fully saturated rings. The molecule has 0 radical (unpaired) electrons. The topological polar surface area (TPSA) is 60.9 Å². The molecule has 5 nitrogen and oxygen atoms in total. The first-order valence-corrected chi connectivity index (χ1v) is 7.35. The number of carboxylic acids is 1. The van der Waals surface area contributed by atoms with Crippen molar-refractivity contribution < 1.29 is 14.7 Å². The first-order chi connectivity index (χ1) is 9.09. The van der Waals surface area contributed by atoms with E-state index in [-0.39, 0.29) is 18.5 Å². The molecular formula is C14H24N2O3. The van der Waals surface area contributed by atoms with Crippen LogP contribution < -0.4 is 0 Å². The minimum atomic E-state index is -0.812. The maximum Gasteiger partial charge on any atom is 0.320 e. The molecular weight excluding hydrogens is 244 g/mol. The molecule has 2 rings (SSSR count). The van der Waals surface area contributed by atoms with E-state index in [1.165, 1.54) is 12.8 Å². The van der Waals surface area contributed by atoms with Crippen LogP contribution in [0.1, 0.15) is 51.4 Å². The Labute approximate surface area is 114 Å². The second-order valence-corrected chi connectivity index (χ2v) is 5.77. The van der Waals surface area contributed by atoms with Crippen molar-refractivity contribution in [3.8, 4) is 0 Å². The van der Waals surface area contributed by atoms with Gasteiger partial charge in [-0.05, 0) is 32.1 Å². The van der Waals surface area contributed by atoms with E-state index >= 15 is 0 Å². The molecule has 0 aromatic rings. The van der Waals surface area contributed by atoms with Crippen LogP contribution in [0.4, 0.5) is 4.79 Å². The third-order valence-electron chi connectivity index (χ3n) is 4.46. The van der Waals surface area contributed by atoms with Crippen molar-refractivity contribution in [3.05, 3.63) is 0 Å². The molecule has 1 heterocycles. The molecule has 108 valence electrons. The largest absolute Gasteiger partial charge is 0.481 e. The summed E-state index contributed by atoms with van der Waals surface area (Å²) in [6.07, 6.45) is 7.46. The van der Waals surface area contributed by atoms with Gasteiger partial charge in [0, 0.05) is 25.7 Å². The van der Waals surface area contributed by atoms with Gasteiger partial charge in [-0.1, -0.05) is 12.8 Å². The molecule has 5 heteroatoms. The number of rotatable bonds is 3. The number of carboxylic acid groups (broad SMARTS) is 1. The predicted octanol–water partition coefficient (Wildman–Crippen LogP) is 2.31. The highest BCUT2D eigenvalue weighted by atomic mass is 16.4. The molecule has 2 aliphatic rings. The number of nitrogens with zero attached hydrogens (tertiary/aromatic N) is 2. The summed E-state index contributed by atoms with van der Waals surface area (Å²) in [6.45, 7) is 0.702. The van der Waals surface area contributed by atoms with Gasteiger partial charge in [0.25, 0.3) is 0 Å². The number of urea groups is 1. The maximum absolute atomic E-state index is 12.5. The first-order valence-electron chi connectivity index (χ1n) is 7.35. The lowest BCUT2D eigenvalue weighted by molar-refractivity contribution is -0.138. The van der Waals surface area contributed by atoms with Crippen LogP contribution in [0.15, 0.2) is 0 Å². The summed E-state index contributed by atoms with van der Waals surface area (Å²) in [5.41, 5.74) is 0. The summed E-state index contributed by atoms with van der Waals surface area (Å²) < 4.78 is 0. The average molecular weight is 268 g/mol. The van der Waals surface area contributed by atoms with Gasteiger partial charge in [0.15, 0.2) is 0 Å². The Morgan fingerprint density at radius 2 is 1.79 bits per heavy atom. The fourth-order valence-corrected chi connectivity index (χ4v) is 3.32. The minimum Gasteiger partial charge on any atom is -0.481 e. The molecule has 2 amide bonds. The minimum absolute atomic E-state index is 0.0258. The lowest BCUT2D eigenvalue weighted by Gasteiger charge is -2.39. The SMILES string of the molecule is CN(C(=O)N1CCCCC1CC(=O)O)C1CCCC1. The monoisotopic (exact) mass is 268 g/mol. The van der Waals surface area contributed by atoms with Crippen molar-refractivity contribution in [2.75, 3.05) is 13.6 Å². The van der Waals surface area contributed by atoms with Crippen molar-refractivity contribution in [2.24, 2.45) is 0 Å². The highest BCUT2D eigenvalue weighted by molar-refractivity contribution is 5.76. The van der Waals surface area contributed by atoms with Gasteiger partial charge >= 0.3 is 12.0 Å². The lowest BCUT2D eigenvalue weighted by atomic mass is 9.99. The van der Waals surface area contributed by atoms with Crippen molar-refractivity contribution in [2.45, 2.75) is 63.5 Å². The highest BCUT2D eigenvalue weighted by Gasteiger charge is 2.33. The third kappa shape index (κ3) is 3.39. The van der Waals surface area contributed by atoms with E-state index in [9.17, 15) is 9.59 Å². The van der Waals surface area contributed by atoms with Crippen molar-refractivity contribution in [3.63, 3.8) is 0 Å². The summed E-state index contributed by atoms with van der Waals surface area (Å²) in [5.74, 6) is -0.812. The highest BCUT2D eigenvalue weighted by Crippen LogP contribution is 2.26. The number of carbonyl (C=O) groups is 2. The number of likely N-dealkylation sites (tertiary alicyclic amines) is 1. The van der Waals surface area contributed by atoms with Crippen LogP contribution in [0.2, 0.25) is 0 Å². The van der Waals surface area contributed by atoms with Gasteiger partial charge in [0.05, 0.1) is 6.42 Å². The summed E-state index contributed by atoms with van der Waals surface area (Å²) >= 11 is 0. The van der Waals surface area contributed by atoms with Gasteiger partial charge in [0.1, 0.15) is 0 Å². The number of aliphatic carboxylic acids is 1. The molecule has 1 unspecified atom stereocenters. The van der Waals surface area contributed by atoms with Crippen LogP contribution in [0.25, 0.3) is 0 Å². The summed E-state index contributed by atoms with van der Waals surface area (Å²) in [6, 6.07) is 0.250. The molecule has 1 N–H and O–H groups in total. The van der Waals surface area contributed by atoms with Crippen molar-refractivity contribution >= 4 is 12.0 Å². The van der Waals surface area contributed by atoms with E-state index in [0.29, 0.717) is 12.6 Å². The second kappa shape index (κ2) is 6.26. The molecule has 1 aliphatic carbocycles. The van der Waals surface area contributed by atoms with E-state index in [1.54, 1.807) is 4.90 Å². The molecule has 1 saturated carbocycles. The van der Waals surface area contributed by atoms with E-state index in [0.717, 1.165) is 32.1 Å². The zero-order chi connectivity index (χ0) is 13.8. The summed E-state index contributed by atoms with van der Waals surface area (Å²) in [5, 5.41) is 8.96. The number of carbonyl (C=O) groups excluding carboxylic acids is 1. The first kappa shape index (κ1) is 14.2. The zero-order valence-electron chi connectivity index (χ0n) is 11.7. The summed E-state index contributed by atoms with van der Waals surface area (Å²) in [4.78, 5) is 27.1. The molecule has 0 aromatic carbocycles. The maximum atomic E-state index is 12.5. The van der Waals surface area contributed by atoms with Crippen molar-refractivity contribution in [1.82, 2.24) is 9.80 Å². The predicted molar refractivity (Wildman–Crippen MR) is 72.0 cm³/mol. The Bertz CT molecular complexity index is 340. The quantitative estimate of drug-likeness (QED) is 0.854. The molecule has 0 bridgehead atoms. The zero-order valence-corrected chi connectivity index (χ0v) is 11.7. The molecule has 0 aromatic heterocycles. The molecule has 1 atom stereocenters. The fraction of sp³-hybridized carbons (Fsp3) is 0.857. The van der Waals surface area contributed by atoms with Gasteiger partial charge in [-0.2, -0.15) is 0 Å². The van der Waals surface area contributed by atoms with E-state index in [2.05, 4.69) is 0 Å². The van der Waals surface area contributed by atoms with Crippen LogP contribution in [-0.4, -0.2) is 52.6 Å². The van der Waals surface area contributed by atoms with Crippen LogP contribution in [0, 0.1) is 0 Å². The Morgan fingerprint density at radius 1 is 1.16 bits per heavy atom. The second-order valence-electron chi connectivity index (χ2n) is 5.77. The van der Waals surface area contributed by atoms with E-state index in [4.69, 9.17) is 5.11 Å². The van der Waals surface area contributed by atoms with Crippen LogP contribution >= 0.6 is 0 Å². The fourth-order valence-electron chi connectivity index (χ4n) is 3.32. The Kier molecular flexibility index (Phi) is 4.66. The number of piperidine rings is 1. The molecule has 0 spiro atoms. The number of hydrogen-bond acceptors (Lipinski definition) is 2. The normalized spacial score (nSPS) is 24.5. The molecule has 19 heavy (non-hydrogen) atoms.